The number of nitrogens with zero attached hydrogens (tertiary/aromatic N) is 1. The van der Waals surface area contributed by atoms with E-state index in [2.05, 4.69) is 10.5 Å². The molecule has 1 N–H and O–H groups in total. The van der Waals surface area contributed by atoms with Crippen LogP contribution < -0.4 is 5.43 Å². The summed E-state index contributed by atoms with van der Waals surface area (Å²) in [5.41, 5.74) is 2.98. The van der Waals surface area contributed by atoms with E-state index in [1.54, 1.807) is 12.1 Å². The first-order chi connectivity index (χ1) is 9.16. The molecule has 1 aliphatic rings. The first-order valence-corrected chi connectivity index (χ1v) is 7.21. The summed E-state index contributed by atoms with van der Waals surface area (Å²) in [6.07, 6.45) is 7.96. The highest BCUT2D eigenvalue weighted by Crippen LogP contribution is 2.23. The van der Waals surface area contributed by atoms with Crippen LogP contribution in [0.2, 0.25) is 10.0 Å². The van der Waals surface area contributed by atoms with E-state index < -0.39 is 0 Å². The maximum absolute atomic E-state index is 11.8. The van der Waals surface area contributed by atoms with Crippen molar-refractivity contribution in [2.75, 3.05) is 0 Å². The van der Waals surface area contributed by atoms with Crippen LogP contribution in [0.5, 0.6) is 0 Å². The van der Waals surface area contributed by atoms with Crippen molar-refractivity contribution in [2.45, 2.75) is 32.1 Å². The van der Waals surface area contributed by atoms with Crippen molar-refractivity contribution >= 4 is 35.3 Å². The van der Waals surface area contributed by atoms with E-state index in [0.29, 0.717) is 21.5 Å². The van der Waals surface area contributed by atoms with Gasteiger partial charge in [-0.25, -0.2) is 5.43 Å². The quantitative estimate of drug-likeness (QED) is 0.656. The summed E-state index contributed by atoms with van der Waals surface area (Å²) in [5.74, 6) is 0.216. The number of nitrogens with one attached hydrogen (secondary N) is 1. The predicted molar refractivity (Wildman–Crippen MR) is 79.0 cm³/mol. The lowest BCUT2D eigenvalue weighted by molar-refractivity contribution is 0.0955. The van der Waals surface area contributed by atoms with Gasteiger partial charge in [0.25, 0.3) is 5.91 Å². The summed E-state index contributed by atoms with van der Waals surface area (Å²) in [7, 11) is 0. The Hall–Kier alpha value is -1.06. The number of halogens is 2. The molecule has 1 fully saturated rings. The monoisotopic (exact) mass is 298 g/mol. The van der Waals surface area contributed by atoms with Crippen molar-refractivity contribution in [3.63, 3.8) is 0 Å². The molecule has 0 aromatic heterocycles. The van der Waals surface area contributed by atoms with Crippen LogP contribution in [0.25, 0.3) is 0 Å². The Labute approximate surface area is 123 Å². The van der Waals surface area contributed by atoms with E-state index in [1.807, 2.05) is 6.21 Å². The molecule has 2 rings (SSSR count). The number of hydrazone groups is 1. The van der Waals surface area contributed by atoms with Crippen molar-refractivity contribution in [1.82, 2.24) is 5.43 Å². The Bertz CT molecular complexity index is 482. The maximum Gasteiger partial charge on any atom is 0.271 e. The van der Waals surface area contributed by atoms with Crippen LogP contribution in [-0.4, -0.2) is 12.1 Å². The van der Waals surface area contributed by atoms with Crippen LogP contribution in [-0.2, 0) is 0 Å². The van der Waals surface area contributed by atoms with Gasteiger partial charge in [0.05, 0.1) is 10.0 Å². The minimum absolute atomic E-state index is 0.273. The van der Waals surface area contributed by atoms with Crippen molar-refractivity contribution in [2.24, 2.45) is 11.0 Å². The number of rotatable bonds is 3. The normalized spacial score (nSPS) is 16.7. The molecule has 0 saturated heterocycles. The van der Waals surface area contributed by atoms with Crippen LogP contribution in [0.15, 0.2) is 23.3 Å². The van der Waals surface area contributed by atoms with Crippen molar-refractivity contribution < 1.29 is 4.79 Å². The Balaban J connectivity index is 1.89. The average molecular weight is 299 g/mol. The largest absolute Gasteiger partial charge is 0.271 e. The molecule has 1 amide bonds. The van der Waals surface area contributed by atoms with E-state index in [1.165, 1.54) is 25.3 Å². The topological polar surface area (TPSA) is 41.5 Å². The molecular weight excluding hydrogens is 283 g/mol. The van der Waals surface area contributed by atoms with Crippen LogP contribution >= 0.6 is 23.2 Å². The van der Waals surface area contributed by atoms with Gasteiger partial charge in [-0.2, -0.15) is 5.10 Å². The van der Waals surface area contributed by atoms with Crippen LogP contribution in [0.4, 0.5) is 0 Å². The van der Waals surface area contributed by atoms with Gasteiger partial charge in [0.2, 0.25) is 0 Å². The average Bonchev–Trinajstić information content (AvgIpc) is 2.43. The fraction of sp³-hybridized carbons (Fsp3) is 0.429. The van der Waals surface area contributed by atoms with Crippen LogP contribution in [0.3, 0.4) is 0 Å². The van der Waals surface area contributed by atoms with E-state index in [9.17, 15) is 4.79 Å². The lowest BCUT2D eigenvalue weighted by atomic mass is 9.90. The molecule has 5 heteroatoms. The van der Waals surface area contributed by atoms with Crippen molar-refractivity contribution in [3.05, 3.63) is 33.8 Å². The number of amides is 1. The highest BCUT2D eigenvalue weighted by Gasteiger charge is 2.11. The van der Waals surface area contributed by atoms with Crippen LogP contribution in [0, 0.1) is 5.92 Å². The molecule has 0 radical (unpaired) electrons. The lowest BCUT2D eigenvalue weighted by Crippen LogP contribution is -2.19. The second-order valence-corrected chi connectivity index (χ2v) is 5.56. The fourth-order valence-electron chi connectivity index (χ4n) is 2.19. The molecule has 0 spiro atoms. The van der Waals surface area contributed by atoms with Gasteiger partial charge >= 0.3 is 0 Å². The third kappa shape index (κ3) is 4.22. The second-order valence-electron chi connectivity index (χ2n) is 4.75. The SMILES string of the molecule is O=C(N/N=C\C1CCCCC1)c1ccc(Cl)c(Cl)c1. The van der Waals surface area contributed by atoms with E-state index >= 15 is 0 Å². The first-order valence-electron chi connectivity index (χ1n) is 6.45. The van der Waals surface area contributed by atoms with Crippen LogP contribution in [0.1, 0.15) is 42.5 Å². The Morgan fingerprint density at radius 1 is 1.21 bits per heavy atom. The molecule has 3 nitrogen and oxygen atoms in total. The Kier molecular flexibility index (Phi) is 5.23. The van der Waals surface area contributed by atoms with E-state index in [4.69, 9.17) is 23.2 Å². The molecule has 0 atom stereocenters. The third-order valence-corrected chi connectivity index (χ3v) is 4.02. The van der Waals surface area contributed by atoms with Gasteiger partial charge in [-0.1, -0.05) is 42.5 Å². The summed E-state index contributed by atoms with van der Waals surface area (Å²) in [5, 5.41) is 4.82. The number of hydrogen-bond acceptors (Lipinski definition) is 2. The summed E-state index contributed by atoms with van der Waals surface area (Å²) in [6.45, 7) is 0. The molecule has 0 aliphatic heterocycles. The second kappa shape index (κ2) is 6.92. The third-order valence-electron chi connectivity index (χ3n) is 3.28. The summed E-state index contributed by atoms with van der Waals surface area (Å²) < 4.78 is 0. The smallest absolute Gasteiger partial charge is 0.267 e. The highest BCUT2D eigenvalue weighted by molar-refractivity contribution is 6.42. The molecule has 1 aliphatic carbocycles. The number of carbonyl (C=O) groups excluding carboxylic acids is 1. The summed E-state index contributed by atoms with van der Waals surface area (Å²) in [6, 6.07) is 4.76. The minimum Gasteiger partial charge on any atom is -0.267 e. The number of benzene rings is 1. The van der Waals surface area contributed by atoms with Gasteiger partial charge in [0.1, 0.15) is 0 Å². The van der Waals surface area contributed by atoms with Gasteiger partial charge in [-0.15, -0.1) is 0 Å². The standard InChI is InChI=1S/C14H16Cl2N2O/c15-12-7-6-11(8-13(12)16)14(19)18-17-9-10-4-2-1-3-5-10/h6-10H,1-5H2,(H,18,19)/b17-9-. The molecule has 1 aromatic carbocycles. The lowest BCUT2D eigenvalue weighted by Gasteiger charge is -2.16. The zero-order valence-corrected chi connectivity index (χ0v) is 12.0. The van der Waals surface area contributed by atoms with Crippen molar-refractivity contribution in [1.29, 1.82) is 0 Å². The maximum atomic E-state index is 11.8. The molecular formula is C14H16Cl2N2O. The molecule has 1 aromatic rings. The van der Waals surface area contributed by atoms with E-state index in [0.717, 1.165) is 12.8 Å². The first kappa shape index (κ1) is 14.4. The molecule has 0 heterocycles. The Morgan fingerprint density at radius 2 is 1.95 bits per heavy atom. The summed E-state index contributed by atoms with van der Waals surface area (Å²) >= 11 is 11.7. The van der Waals surface area contributed by atoms with Gasteiger partial charge in [0.15, 0.2) is 0 Å². The number of carbonyl (C=O) groups is 1. The minimum atomic E-state index is -0.273. The molecule has 0 unspecified atom stereocenters. The highest BCUT2D eigenvalue weighted by atomic mass is 35.5. The summed E-state index contributed by atoms with van der Waals surface area (Å²) in [4.78, 5) is 11.8. The Morgan fingerprint density at radius 3 is 2.63 bits per heavy atom. The molecule has 102 valence electrons. The predicted octanol–water partition coefficient (Wildman–Crippen LogP) is 4.29. The van der Waals surface area contributed by atoms with E-state index in [-0.39, 0.29) is 5.91 Å². The van der Waals surface area contributed by atoms with Gasteiger partial charge in [0, 0.05) is 11.8 Å². The molecule has 0 bridgehead atoms. The molecule has 19 heavy (non-hydrogen) atoms. The fourth-order valence-corrected chi connectivity index (χ4v) is 2.48. The number of hydrogen-bond donors (Lipinski definition) is 1. The molecule has 1 saturated carbocycles. The van der Waals surface area contributed by atoms with Crippen molar-refractivity contribution in [3.8, 4) is 0 Å². The van der Waals surface area contributed by atoms with Gasteiger partial charge in [-0.05, 0) is 37.0 Å². The zero-order valence-electron chi connectivity index (χ0n) is 10.5. The zero-order chi connectivity index (χ0) is 13.7. The van der Waals surface area contributed by atoms with Gasteiger partial charge in [-0.3, -0.25) is 4.79 Å². The van der Waals surface area contributed by atoms with Gasteiger partial charge < -0.3 is 0 Å².